The van der Waals surface area contributed by atoms with E-state index in [1.165, 1.54) is 0 Å². The molecule has 7 heteroatoms. The third-order valence-corrected chi connectivity index (χ3v) is 5.14. The molecule has 0 N–H and O–H groups in total. The second-order valence-corrected chi connectivity index (χ2v) is 6.97. The minimum Gasteiger partial charge on any atom is -0.338 e. The van der Waals surface area contributed by atoms with Crippen molar-refractivity contribution in [1.82, 2.24) is 19.9 Å². The summed E-state index contributed by atoms with van der Waals surface area (Å²) < 4.78 is 32.6. The number of piperazine rings is 1. The minimum atomic E-state index is -0.785. The van der Waals surface area contributed by atoms with Crippen LogP contribution in [0.25, 0.3) is 0 Å². The summed E-state index contributed by atoms with van der Waals surface area (Å²) >= 11 is 0. The maximum absolute atomic E-state index is 13.8. The first kappa shape index (κ1) is 16.6. The van der Waals surface area contributed by atoms with Crippen LogP contribution in [0.1, 0.15) is 49.0 Å². The van der Waals surface area contributed by atoms with Gasteiger partial charge in [-0.25, -0.2) is 8.78 Å². The fourth-order valence-corrected chi connectivity index (χ4v) is 3.30. The van der Waals surface area contributed by atoms with Crippen molar-refractivity contribution in [1.29, 1.82) is 0 Å². The molecule has 1 saturated heterocycles. The van der Waals surface area contributed by atoms with Crippen molar-refractivity contribution in [3.8, 4) is 0 Å². The van der Waals surface area contributed by atoms with Crippen LogP contribution >= 0.6 is 0 Å². The van der Waals surface area contributed by atoms with Crippen LogP contribution in [0.3, 0.4) is 0 Å². The van der Waals surface area contributed by atoms with Crippen molar-refractivity contribution in [3.63, 3.8) is 0 Å². The zero-order chi connectivity index (χ0) is 17.4. The normalized spacial score (nSPS) is 20.8. The molecule has 1 aliphatic heterocycles. The summed E-state index contributed by atoms with van der Waals surface area (Å²) in [5.41, 5.74) is 0.410. The fourth-order valence-electron chi connectivity index (χ4n) is 3.30. The summed E-state index contributed by atoms with van der Waals surface area (Å²) in [6.07, 6.45) is 2.31. The second kappa shape index (κ2) is 6.80. The Morgan fingerprint density at radius 3 is 2.68 bits per heavy atom. The molecule has 0 amide bonds. The van der Waals surface area contributed by atoms with Gasteiger partial charge in [-0.05, 0) is 25.8 Å². The topological polar surface area (TPSA) is 45.4 Å². The summed E-state index contributed by atoms with van der Waals surface area (Å²) in [6, 6.07) is 4.43. The van der Waals surface area contributed by atoms with Gasteiger partial charge in [0.05, 0.1) is 6.04 Å². The molecule has 2 aromatic rings. The van der Waals surface area contributed by atoms with Gasteiger partial charge < -0.3 is 4.52 Å². The van der Waals surface area contributed by atoms with Crippen molar-refractivity contribution < 1.29 is 13.3 Å². The van der Waals surface area contributed by atoms with Crippen LogP contribution in [-0.2, 0) is 6.54 Å². The molecule has 0 bridgehead atoms. The van der Waals surface area contributed by atoms with Crippen LogP contribution in [0, 0.1) is 11.6 Å². The van der Waals surface area contributed by atoms with Crippen LogP contribution in [0.5, 0.6) is 0 Å². The summed E-state index contributed by atoms with van der Waals surface area (Å²) in [5.74, 6) is 0.473. The lowest BCUT2D eigenvalue weighted by molar-refractivity contribution is 0.0838. The van der Waals surface area contributed by atoms with Gasteiger partial charge in [-0.3, -0.25) is 9.80 Å². The van der Waals surface area contributed by atoms with Crippen molar-refractivity contribution in [2.24, 2.45) is 0 Å². The highest BCUT2D eigenvalue weighted by Gasteiger charge is 2.31. The maximum Gasteiger partial charge on any atom is 0.243 e. The number of rotatable bonds is 5. The SMILES string of the molecule is CC(c1nc(C2CC2)no1)N1CCN(Cc2cccc(F)c2F)CC1. The van der Waals surface area contributed by atoms with Crippen LogP contribution in [0.15, 0.2) is 22.7 Å². The third-order valence-electron chi connectivity index (χ3n) is 5.14. The first-order valence-corrected chi connectivity index (χ1v) is 8.84. The molecule has 1 unspecified atom stereocenters. The fraction of sp³-hybridized carbons (Fsp3) is 0.556. The van der Waals surface area contributed by atoms with Gasteiger partial charge in [-0.15, -0.1) is 0 Å². The van der Waals surface area contributed by atoms with E-state index in [1.54, 1.807) is 12.1 Å². The lowest BCUT2D eigenvalue weighted by atomic mass is 10.1. The minimum absolute atomic E-state index is 0.0769. The molecule has 2 aliphatic rings. The number of halogens is 2. The van der Waals surface area contributed by atoms with Gasteiger partial charge in [0.15, 0.2) is 17.5 Å². The van der Waals surface area contributed by atoms with Gasteiger partial charge in [0.25, 0.3) is 0 Å². The van der Waals surface area contributed by atoms with Gasteiger partial charge in [0.2, 0.25) is 5.89 Å². The van der Waals surface area contributed by atoms with E-state index < -0.39 is 11.6 Å². The Morgan fingerprint density at radius 1 is 1.20 bits per heavy atom. The van der Waals surface area contributed by atoms with E-state index in [9.17, 15) is 8.78 Å². The van der Waals surface area contributed by atoms with Crippen molar-refractivity contribution >= 4 is 0 Å². The monoisotopic (exact) mass is 348 g/mol. The van der Waals surface area contributed by atoms with Crippen LogP contribution in [-0.4, -0.2) is 46.1 Å². The molecule has 1 aliphatic carbocycles. The molecule has 0 spiro atoms. The standard InChI is InChI=1S/C18H22F2N4O/c1-12(18-21-17(22-25-18)13-5-6-13)24-9-7-23(8-10-24)11-14-3-2-4-15(19)16(14)20/h2-4,12-13H,5-11H2,1H3. The Labute approximate surface area is 145 Å². The number of benzene rings is 1. The highest BCUT2D eigenvalue weighted by atomic mass is 19.2. The molecular weight excluding hydrogens is 326 g/mol. The Balaban J connectivity index is 1.33. The van der Waals surface area contributed by atoms with Crippen molar-refractivity contribution in [2.45, 2.75) is 38.3 Å². The highest BCUT2D eigenvalue weighted by Crippen LogP contribution is 2.38. The second-order valence-electron chi connectivity index (χ2n) is 6.97. The molecular formula is C18H22F2N4O. The largest absolute Gasteiger partial charge is 0.338 e. The van der Waals surface area contributed by atoms with Gasteiger partial charge in [0.1, 0.15) is 0 Å². The Morgan fingerprint density at radius 2 is 1.96 bits per heavy atom. The van der Waals surface area contributed by atoms with E-state index in [2.05, 4.69) is 26.9 Å². The Kier molecular flexibility index (Phi) is 4.52. The zero-order valence-corrected chi connectivity index (χ0v) is 14.3. The highest BCUT2D eigenvalue weighted by molar-refractivity contribution is 5.19. The van der Waals surface area contributed by atoms with E-state index >= 15 is 0 Å². The molecule has 134 valence electrons. The van der Waals surface area contributed by atoms with Gasteiger partial charge in [-0.1, -0.05) is 17.3 Å². The van der Waals surface area contributed by atoms with Gasteiger partial charge in [0, 0.05) is 44.2 Å². The Hall–Kier alpha value is -1.86. The molecule has 2 fully saturated rings. The lowest BCUT2D eigenvalue weighted by Gasteiger charge is -2.36. The smallest absolute Gasteiger partial charge is 0.243 e. The molecule has 1 saturated carbocycles. The van der Waals surface area contributed by atoms with E-state index in [0.29, 0.717) is 23.9 Å². The van der Waals surface area contributed by atoms with E-state index in [1.807, 2.05) is 0 Å². The number of hydrogen-bond acceptors (Lipinski definition) is 5. The molecule has 1 aromatic heterocycles. The van der Waals surface area contributed by atoms with E-state index in [4.69, 9.17) is 4.52 Å². The Bertz CT molecular complexity index is 738. The summed E-state index contributed by atoms with van der Waals surface area (Å²) in [5, 5.41) is 4.08. The zero-order valence-electron chi connectivity index (χ0n) is 14.3. The maximum atomic E-state index is 13.8. The molecule has 1 atom stereocenters. The lowest BCUT2D eigenvalue weighted by Crippen LogP contribution is -2.46. The predicted octanol–water partition coefficient (Wildman–Crippen LogP) is 3.10. The van der Waals surface area contributed by atoms with Crippen molar-refractivity contribution in [3.05, 3.63) is 47.1 Å². The molecule has 4 rings (SSSR count). The summed E-state index contributed by atoms with van der Waals surface area (Å²) in [7, 11) is 0. The summed E-state index contributed by atoms with van der Waals surface area (Å²) in [6.45, 7) is 5.76. The predicted molar refractivity (Wildman–Crippen MR) is 87.9 cm³/mol. The van der Waals surface area contributed by atoms with Crippen molar-refractivity contribution in [2.75, 3.05) is 26.2 Å². The first-order chi connectivity index (χ1) is 12.1. The third kappa shape index (κ3) is 3.57. The molecule has 1 aromatic carbocycles. The first-order valence-electron chi connectivity index (χ1n) is 8.84. The molecule has 25 heavy (non-hydrogen) atoms. The molecule has 5 nitrogen and oxygen atoms in total. The van der Waals surface area contributed by atoms with Gasteiger partial charge >= 0.3 is 0 Å². The van der Waals surface area contributed by atoms with Crippen LogP contribution in [0.4, 0.5) is 8.78 Å². The van der Waals surface area contributed by atoms with Gasteiger partial charge in [-0.2, -0.15) is 4.98 Å². The number of hydrogen-bond donors (Lipinski definition) is 0. The summed E-state index contributed by atoms with van der Waals surface area (Å²) in [4.78, 5) is 8.97. The average Bonchev–Trinajstić information content (AvgIpc) is 3.36. The van der Waals surface area contributed by atoms with Crippen LogP contribution in [0.2, 0.25) is 0 Å². The molecule has 0 radical (unpaired) electrons. The average molecular weight is 348 g/mol. The van der Waals surface area contributed by atoms with E-state index in [-0.39, 0.29) is 6.04 Å². The number of nitrogens with zero attached hydrogens (tertiary/aromatic N) is 4. The van der Waals surface area contributed by atoms with Crippen LogP contribution < -0.4 is 0 Å². The van der Waals surface area contributed by atoms with E-state index in [0.717, 1.165) is 50.9 Å². The quantitative estimate of drug-likeness (QED) is 0.831. The molecule has 2 heterocycles. The number of aromatic nitrogens is 2.